The van der Waals surface area contributed by atoms with Crippen LogP contribution in [0.3, 0.4) is 0 Å². The highest BCUT2D eigenvalue weighted by molar-refractivity contribution is 5.69. The Bertz CT molecular complexity index is 187. The Balaban J connectivity index is 3.68. The predicted octanol–water partition coefficient (Wildman–Crippen LogP) is 3.09. The largest absolute Gasteiger partial charge is 0.481 e. The summed E-state index contributed by atoms with van der Waals surface area (Å²) in [5.74, 6) is -0.936. The summed E-state index contributed by atoms with van der Waals surface area (Å²) in [4.78, 5) is 10.5. The van der Waals surface area contributed by atoms with Crippen LogP contribution >= 0.6 is 0 Å². The van der Waals surface area contributed by atoms with Crippen LogP contribution in [0.5, 0.6) is 0 Å². The average Bonchev–Trinajstić information content (AvgIpc) is 1.95. The van der Waals surface area contributed by atoms with E-state index >= 15 is 0 Å². The fourth-order valence-electron chi connectivity index (χ4n) is 0.907. The van der Waals surface area contributed by atoms with Gasteiger partial charge in [-0.1, -0.05) is 39.8 Å². The van der Waals surface area contributed by atoms with Crippen LogP contribution in [0, 0.1) is 11.3 Å². The number of aliphatic carboxylic acids is 1. The highest BCUT2D eigenvalue weighted by Gasteiger charge is 2.09. The van der Waals surface area contributed by atoms with Gasteiger partial charge in [0.2, 0.25) is 0 Å². The van der Waals surface area contributed by atoms with E-state index in [1.54, 1.807) is 6.92 Å². The van der Waals surface area contributed by atoms with Crippen molar-refractivity contribution < 1.29 is 9.90 Å². The minimum Gasteiger partial charge on any atom is -0.481 e. The summed E-state index contributed by atoms with van der Waals surface area (Å²) < 4.78 is 0. The van der Waals surface area contributed by atoms with E-state index in [1.807, 2.05) is 0 Å². The number of carbonyl (C=O) groups is 1. The van der Waals surface area contributed by atoms with Gasteiger partial charge in [0.25, 0.3) is 0 Å². The molecule has 0 fully saturated rings. The van der Waals surface area contributed by atoms with Crippen LogP contribution in [0.15, 0.2) is 12.2 Å². The van der Waals surface area contributed by atoms with Crippen molar-refractivity contribution in [3.63, 3.8) is 0 Å². The molecule has 13 heavy (non-hydrogen) atoms. The van der Waals surface area contributed by atoms with Gasteiger partial charge in [-0.05, 0) is 18.3 Å². The Morgan fingerprint density at radius 2 is 2.00 bits per heavy atom. The maximum Gasteiger partial charge on any atom is 0.306 e. The van der Waals surface area contributed by atoms with Crippen molar-refractivity contribution in [1.29, 1.82) is 0 Å². The quantitative estimate of drug-likeness (QED) is 0.682. The molecule has 0 heterocycles. The number of carboxylic acid groups (broad SMARTS) is 1. The van der Waals surface area contributed by atoms with E-state index in [0.717, 1.165) is 12.8 Å². The summed E-state index contributed by atoms with van der Waals surface area (Å²) >= 11 is 0. The summed E-state index contributed by atoms with van der Waals surface area (Å²) in [5.41, 5.74) is 0.201. The first-order valence-electron chi connectivity index (χ1n) is 4.73. The smallest absolute Gasteiger partial charge is 0.306 e. The van der Waals surface area contributed by atoms with Gasteiger partial charge < -0.3 is 5.11 Å². The molecular weight excluding hydrogens is 164 g/mol. The zero-order valence-electron chi connectivity index (χ0n) is 9.00. The van der Waals surface area contributed by atoms with Crippen molar-refractivity contribution in [2.24, 2.45) is 11.3 Å². The molecule has 0 rings (SSSR count). The Morgan fingerprint density at radius 1 is 1.46 bits per heavy atom. The molecule has 0 aromatic rings. The molecule has 0 amide bonds. The summed E-state index contributed by atoms with van der Waals surface area (Å²) in [6, 6.07) is 0. The van der Waals surface area contributed by atoms with Gasteiger partial charge in [0, 0.05) is 0 Å². The minimum atomic E-state index is -0.704. The van der Waals surface area contributed by atoms with Crippen molar-refractivity contribution in [2.45, 2.75) is 40.5 Å². The molecule has 76 valence electrons. The van der Waals surface area contributed by atoms with Crippen LogP contribution in [0.2, 0.25) is 0 Å². The van der Waals surface area contributed by atoms with Gasteiger partial charge in [0.1, 0.15) is 0 Å². The number of hydrogen-bond acceptors (Lipinski definition) is 1. The molecular formula is C11H20O2. The summed E-state index contributed by atoms with van der Waals surface area (Å²) in [5, 5.41) is 8.62. The molecule has 0 bridgehead atoms. The lowest BCUT2D eigenvalue weighted by Crippen LogP contribution is -2.08. The first-order valence-corrected chi connectivity index (χ1v) is 4.73. The Kier molecular flexibility index (Phi) is 4.74. The maximum absolute atomic E-state index is 10.5. The van der Waals surface area contributed by atoms with Crippen LogP contribution in [0.25, 0.3) is 0 Å². The third kappa shape index (κ3) is 7.57. The van der Waals surface area contributed by atoms with Crippen molar-refractivity contribution in [1.82, 2.24) is 0 Å². The third-order valence-electron chi connectivity index (χ3n) is 1.81. The fraction of sp³-hybridized carbons (Fsp3) is 0.727. The molecule has 0 saturated carbocycles. The second-order valence-electron chi connectivity index (χ2n) is 4.59. The molecule has 0 aliphatic rings. The molecule has 0 saturated heterocycles. The topological polar surface area (TPSA) is 37.3 Å². The van der Waals surface area contributed by atoms with Crippen LogP contribution in [-0.2, 0) is 4.79 Å². The predicted molar refractivity (Wildman–Crippen MR) is 54.6 cm³/mol. The van der Waals surface area contributed by atoms with E-state index in [0.29, 0.717) is 0 Å². The number of hydrogen-bond donors (Lipinski definition) is 1. The Morgan fingerprint density at radius 3 is 2.38 bits per heavy atom. The lowest BCUT2D eigenvalue weighted by molar-refractivity contribution is -0.141. The lowest BCUT2D eigenvalue weighted by Gasteiger charge is -2.11. The fourth-order valence-corrected chi connectivity index (χ4v) is 0.907. The van der Waals surface area contributed by atoms with Crippen molar-refractivity contribution in [3.05, 3.63) is 12.2 Å². The van der Waals surface area contributed by atoms with E-state index in [-0.39, 0.29) is 11.3 Å². The molecule has 1 atom stereocenters. The van der Waals surface area contributed by atoms with Gasteiger partial charge >= 0.3 is 5.97 Å². The van der Waals surface area contributed by atoms with Crippen molar-refractivity contribution >= 4 is 5.97 Å². The number of rotatable bonds is 4. The second kappa shape index (κ2) is 5.05. The molecule has 1 N–H and O–H groups in total. The summed E-state index contributed by atoms with van der Waals surface area (Å²) in [6.07, 6.45) is 5.77. The van der Waals surface area contributed by atoms with E-state index in [2.05, 4.69) is 32.9 Å². The molecule has 1 unspecified atom stereocenters. The zero-order chi connectivity index (χ0) is 10.5. The highest BCUT2D eigenvalue weighted by atomic mass is 16.4. The normalized spacial score (nSPS) is 14.8. The average molecular weight is 184 g/mol. The van der Waals surface area contributed by atoms with Crippen LogP contribution in [0.1, 0.15) is 40.5 Å². The molecule has 2 heteroatoms. The van der Waals surface area contributed by atoms with E-state index in [4.69, 9.17) is 5.11 Å². The molecule has 2 nitrogen and oxygen atoms in total. The van der Waals surface area contributed by atoms with Crippen LogP contribution in [-0.4, -0.2) is 11.1 Å². The molecule has 0 spiro atoms. The molecule has 0 aliphatic heterocycles. The Hall–Kier alpha value is -0.790. The zero-order valence-corrected chi connectivity index (χ0v) is 9.00. The minimum absolute atomic E-state index is 0.201. The standard InChI is InChI=1S/C11H20O2/c1-9(10(12)13)7-5-6-8-11(2,3)4/h6,8-9H,5,7H2,1-4H3,(H,12,13)/b8-6+. The lowest BCUT2D eigenvalue weighted by atomic mass is 9.95. The summed E-state index contributed by atoms with van der Waals surface area (Å²) in [6.45, 7) is 8.13. The van der Waals surface area contributed by atoms with E-state index in [9.17, 15) is 4.79 Å². The Labute approximate surface area is 80.7 Å². The van der Waals surface area contributed by atoms with Gasteiger partial charge in [-0.3, -0.25) is 4.79 Å². The van der Waals surface area contributed by atoms with Gasteiger partial charge in [0.15, 0.2) is 0 Å². The highest BCUT2D eigenvalue weighted by Crippen LogP contribution is 2.16. The van der Waals surface area contributed by atoms with Crippen LogP contribution < -0.4 is 0 Å². The van der Waals surface area contributed by atoms with Crippen molar-refractivity contribution in [3.8, 4) is 0 Å². The first-order chi connectivity index (χ1) is 5.83. The first kappa shape index (κ1) is 12.2. The van der Waals surface area contributed by atoms with Crippen LogP contribution in [0.4, 0.5) is 0 Å². The SMILES string of the molecule is CC(CC/C=C/C(C)(C)C)C(=O)O. The number of allylic oxidation sites excluding steroid dienone is 2. The third-order valence-corrected chi connectivity index (χ3v) is 1.81. The molecule has 0 aromatic carbocycles. The van der Waals surface area contributed by atoms with Gasteiger partial charge in [-0.15, -0.1) is 0 Å². The number of carboxylic acids is 1. The van der Waals surface area contributed by atoms with Gasteiger partial charge in [-0.25, -0.2) is 0 Å². The van der Waals surface area contributed by atoms with Gasteiger partial charge in [0.05, 0.1) is 5.92 Å². The second-order valence-corrected chi connectivity index (χ2v) is 4.59. The molecule has 0 aromatic heterocycles. The van der Waals surface area contributed by atoms with E-state index in [1.165, 1.54) is 0 Å². The summed E-state index contributed by atoms with van der Waals surface area (Å²) in [7, 11) is 0. The molecule has 0 aliphatic carbocycles. The maximum atomic E-state index is 10.5. The monoisotopic (exact) mass is 184 g/mol. The van der Waals surface area contributed by atoms with Crippen molar-refractivity contribution in [2.75, 3.05) is 0 Å². The molecule has 0 radical (unpaired) electrons. The van der Waals surface area contributed by atoms with E-state index < -0.39 is 5.97 Å². The van der Waals surface area contributed by atoms with Gasteiger partial charge in [-0.2, -0.15) is 0 Å².